The standard InChI is InChI=1S/C17H17ClN4O/c1-9-7-13-15(14(23)8-9)16(11-5-3-4-6-12(11)18)22-17(20-13)19-10(2)21-22/h3-6,9,16H,7-8H2,1-2H3,(H,19,20,21)/t9-,16-/m1/s1. The number of aromatic nitrogens is 3. The second-order valence-corrected chi connectivity index (χ2v) is 6.71. The maximum absolute atomic E-state index is 12.7. The third kappa shape index (κ3) is 2.27. The summed E-state index contributed by atoms with van der Waals surface area (Å²) in [6, 6.07) is 7.31. The summed E-state index contributed by atoms with van der Waals surface area (Å²) in [4.78, 5) is 17.2. The largest absolute Gasteiger partial charge is 0.328 e. The van der Waals surface area contributed by atoms with Crippen LogP contribution >= 0.6 is 11.6 Å². The van der Waals surface area contributed by atoms with Crippen molar-refractivity contribution in [2.75, 3.05) is 5.32 Å². The first-order valence-electron chi connectivity index (χ1n) is 7.75. The smallest absolute Gasteiger partial charge is 0.226 e. The van der Waals surface area contributed by atoms with Crippen LogP contribution in [0, 0.1) is 12.8 Å². The van der Waals surface area contributed by atoms with Gasteiger partial charge < -0.3 is 5.32 Å². The van der Waals surface area contributed by atoms with Crippen LogP contribution in [0.15, 0.2) is 35.5 Å². The number of carbonyl (C=O) groups is 1. The van der Waals surface area contributed by atoms with E-state index in [9.17, 15) is 4.79 Å². The van der Waals surface area contributed by atoms with Crippen LogP contribution in [0.25, 0.3) is 0 Å². The molecule has 2 atom stereocenters. The number of anilines is 1. The van der Waals surface area contributed by atoms with Crippen LogP contribution in [0.3, 0.4) is 0 Å². The molecule has 0 amide bonds. The molecule has 0 unspecified atom stereocenters. The van der Waals surface area contributed by atoms with Gasteiger partial charge >= 0.3 is 0 Å². The summed E-state index contributed by atoms with van der Waals surface area (Å²) in [5.41, 5.74) is 2.62. The summed E-state index contributed by atoms with van der Waals surface area (Å²) in [5.74, 6) is 1.84. The molecule has 1 aromatic heterocycles. The Morgan fingerprint density at radius 3 is 2.87 bits per heavy atom. The molecule has 23 heavy (non-hydrogen) atoms. The number of Topliss-reactive ketones (excluding diaryl/α,β-unsaturated/α-hetero) is 1. The molecule has 118 valence electrons. The fourth-order valence-electron chi connectivity index (χ4n) is 3.50. The minimum atomic E-state index is -0.309. The molecule has 0 saturated carbocycles. The second-order valence-electron chi connectivity index (χ2n) is 6.31. The highest BCUT2D eigenvalue weighted by molar-refractivity contribution is 6.31. The van der Waals surface area contributed by atoms with E-state index in [-0.39, 0.29) is 11.8 Å². The van der Waals surface area contributed by atoms with Crippen LogP contribution in [-0.2, 0) is 4.79 Å². The number of ketones is 1. The van der Waals surface area contributed by atoms with Gasteiger partial charge in [0.2, 0.25) is 5.95 Å². The molecule has 0 bridgehead atoms. The lowest BCUT2D eigenvalue weighted by molar-refractivity contribution is -0.117. The molecule has 2 aromatic rings. The van der Waals surface area contributed by atoms with Crippen molar-refractivity contribution in [3.8, 4) is 0 Å². The average molecular weight is 329 g/mol. The Bertz CT molecular complexity index is 839. The van der Waals surface area contributed by atoms with Gasteiger partial charge in [0.25, 0.3) is 0 Å². The van der Waals surface area contributed by atoms with Crippen LogP contribution in [0.1, 0.15) is 37.2 Å². The summed E-state index contributed by atoms with van der Waals surface area (Å²) < 4.78 is 1.78. The lowest BCUT2D eigenvalue weighted by Gasteiger charge is -2.34. The molecule has 0 spiro atoms. The molecule has 6 heteroatoms. The van der Waals surface area contributed by atoms with Gasteiger partial charge in [0.05, 0.1) is 0 Å². The van der Waals surface area contributed by atoms with Crippen LogP contribution in [0.2, 0.25) is 5.02 Å². The Labute approximate surface area is 139 Å². The van der Waals surface area contributed by atoms with Crippen molar-refractivity contribution in [2.24, 2.45) is 5.92 Å². The van der Waals surface area contributed by atoms with Gasteiger partial charge in [-0.25, -0.2) is 4.68 Å². The van der Waals surface area contributed by atoms with Gasteiger partial charge in [-0.3, -0.25) is 4.79 Å². The van der Waals surface area contributed by atoms with Crippen LogP contribution < -0.4 is 5.32 Å². The van der Waals surface area contributed by atoms with Gasteiger partial charge in [0.15, 0.2) is 5.78 Å². The highest BCUT2D eigenvalue weighted by Crippen LogP contribution is 2.42. The van der Waals surface area contributed by atoms with E-state index in [2.05, 4.69) is 22.3 Å². The molecule has 2 heterocycles. The van der Waals surface area contributed by atoms with Crippen molar-refractivity contribution < 1.29 is 4.79 Å². The third-order valence-corrected chi connectivity index (χ3v) is 4.77. The number of hydrogen-bond donors (Lipinski definition) is 1. The van der Waals surface area contributed by atoms with Crippen molar-refractivity contribution in [1.82, 2.24) is 14.8 Å². The number of benzene rings is 1. The third-order valence-electron chi connectivity index (χ3n) is 4.43. The highest BCUT2D eigenvalue weighted by Gasteiger charge is 2.38. The van der Waals surface area contributed by atoms with E-state index in [1.807, 2.05) is 31.2 Å². The summed E-state index contributed by atoms with van der Waals surface area (Å²) in [7, 11) is 0. The summed E-state index contributed by atoms with van der Waals surface area (Å²) in [5, 5.41) is 8.43. The lowest BCUT2D eigenvalue weighted by atomic mass is 9.81. The van der Waals surface area contributed by atoms with E-state index in [1.165, 1.54) is 0 Å². The van der Waals surface area contributed by atoms with E-state index in [1.54, 1.807) is 4.68 Å². The molecule has 1 N–H and O–H groups in total. The summed E-state index contributed by atoms with van der Waals surface area (Å²) in [6.45, 7) is 3.94. The number of nitrogens with one attached hydrogen (secondary N) is 1. The zero-order chi connectivity index (χ0) is 16.1. The molecule has 0 radical (unpaired) electrons. The second kappa shape index (κ2) is 5.20. The molecule has 1 aliphatic carbocycles. The van der Waals surface area contributed by atoms with Crippen LogP contribution in [0.5, 0.6) is 0 Å². The zero-order valence-electron chi connectivity index (χ0n) is 13.0. The van der Waals surface area contributed by atoms with E-state index < -0.39 is 0 Å². The molecule has 2 aliphatic rings. The molecule has 0 saturated heterocycles. The Hall–Kier alpha value is -2.14. The first-order valence-corrected chi connectivity index (χ1v) is 8.13. The predicted octanol–water partition coefficient (Wildman–Crippen LogP) is 3.51. The minimum Gasteiger partial charge on any atom is -0.328 e. The molecular weight excluding hydrogens is 312 g/mol. The van der Waals surface area contributed by atoms with Gasteiger partial charge in [-0.15, -0.1) is 0 Å². The number of rotatable bonds is 1. The number of carbonyl (C=O) groups excluding carboxylic acids is 1. The topological polar surface area (TPSA) is 59.8 Å². The fraction of sp³-hybridized carbons (Fsp3) is 0.353. The Morgan fingerprint density at radius 1 is 1.30 bits per heavy atom. The number of fused-ring (bicyclic) bond motifs is 1. The van der Waals surface area contributed by atoms with Crippen LogP contribution in [0.4, 0.5) is 5.95 Å². The molecule has 4 rings (SSSR count). The van der Waals surface area contributed by atoms with Gasteiger partial charge in [0.1, 0.15) is 11.9 Å². The predicted molar refractivity (Wildman–Crippen MR) is 88.4 cm³/mol. The van der Waals surface area contributed by atoms with Crippen molar-refractivity contribution in [1.29, 1.82) is 0 Å². The first-order chi connectivity index (χ1) is 11.0. The normalized spacial score (nSPS) is 23.3. The molecule has 0 fully saturated rings. The zero-order valence-corrected chi connectivity index (χ0v) is 13.8. The average Bonchev–Trinajstić information content (AvgIpc) is 2.85. The number of hydrogen-bond acceptors (Lipinski definition) is 4. The highest BCUT2D eigenvalue weighted by atomic mass is 35.5. The maximum atomic E-state index is 12.7. The number of halogens is 1. The van der Waals surface area contributed by atoms with Gasteiger partial charge in [-0.05, 0) is 25.3 Å². The lowest BCUT2D eigenvalue weighted by Crippen LogP contribution is -2.33. The molecule has 5 nitrogen and oxygen atoms in total. The van der Waals surface area contributed by atoms with Gasteiger partial charge in [-0.2, -0.15) is 10.1 Å². The Kier molecular flexibility index (Phi) is 3.27. The number of nitrogens with zero attached hydrogens (tertiary/aromatic N) is 3. The Balaban J connectivity index is 1.95. The molecule has 1 aromatic carbocycles. The quantitative estimate of drug-likeness (QED) is 0.870. The number of allylic oxidation sites excluding steroid dienone is 2. The van der Waals surface area contributed by atoms with E-state index in [0.717, 1.165) is 23.3 Å². The summed E-state index contributed by atoms with van der Waals surface area (Å²) >= 11 is 6.42. The number of aryl methyl sites for hydroxylation is 1. The molecule has 1 aliphatic heterocycles. The SMILES string of the molecule is Cc1nc2n(n1)[C@H](c1ccccc1Cl)C1=C(C[C@@H](C)CC1=O)N2. The molecular formula is C17H17ClN4O. The fourth-order valence-corrected chi connectivity index (χ4v) is 3.74. The van der Waals surface area contributed by atoms with E-state index in [4.69, 9.17) is 11.6 Å². The van der Waals surface area contributed by atoms with Crippen molar-refractivity contribution in [3.63, 3.8) is 0 Å². The minimum absolute atomic E-state index is 0.162. The van der Waals surface area contributed by atoms with Crippen molar-refractivity contribution >= 4 is 23.3 Å². The Morgan fingerprint density at radius 2 is 2.09 bits per heavy atom. The van der Waals surface area contributed by atoms with Gasteiger partial charge in [0, 0.05) is 28.3 Å². The summed E-state index contributed by atoms with van der Waals surface area (Å²) in [6.07, 6.45) is 1.40. The van der Waals surface area contributed by atoms with E-state index in [0.29, 0.717) is 29.1 Å². The van der Waals surface area contributed by atoms with Crippen molar-refractivity contribution in [2.45, 2.75) is 32.7 Å². The first kappa shape index (κ1) is 14.5. The van der Waals surface area contributed by atoms with E-state index >= 15 is 0 Å². The monoisotopic (exact) mass is 328 g/mol. The van der Waals surface area contributed by atoms with Crippen LogP contribution in [-0.4, -0.2) is 20.5 Å². The van der Waals surface area contributed by atoms with Gasteiger partial charge in [-0.1, -0.05) is 36.7 Å². The maximum Gasteiger partial charge on any atom is 0.226 e. The van der Waals surface area contributed by atoms with Crippen molar-refractivity contribution in [3.05, 3.63) is 51.9 Å².